The maximum absolute atomic E-state index is 12.4. The summed E-state index contributed by atoms with van der Waals surface area (Å²) in [5.41, 5.74) is 4.13. The van der Waals surface area contributed by atoms with Crippen LogP contribution in [0.1, 0.15) is 25.3 Å². The first-order chi connectivity index (χ1) is 16.8. The van der Waals surface area contributed by atoms with E-state index in [9.17, 15) is 18.0 Å². The lowest BCUT2D eigenvalue weighted by Gasteiger charge is -2.11. The summed E-state index contributed by atoms with van der Waals surface area (Å²) in [5, 5.41) is 8.50. The molecular formula is C26H27N3O5S. The van der Waals surface area contributed by atoms with E-state index in [1.807, 2.05) is 36.4 Å². The first kappa shape index (κ1) is 24.4. The summed E-state index contributed by atoms with van der Waals surface area (Å²) in [5.74, 6) is -0.781. The van der Waals surface area contributed by atoms with Gasteiger partial charge in [-0.3, -0.25) is 0 Å². The Labute approximate surface area is 204 Å². The molecule has 0 aliphatic carbocycles. The van der Waals surface area contributed by atoms with Crippen LogP contribution in [0.2, 0.25) is 0 Å². The number of anilines is 2. The second kappa shape index (κ2) is 10.7. The zero-order chi connectivity index (χ0) is 24.8. The summed E-state index contributed by atoms with van der Waals surface area (Å²) in [4.78, 5) is 24.2. The Kier molecular flexibility index (Phi) is 7.48. The van der Waals surface area contributed by atoms with Gasteiger partial charge >= 0.3 is 22.1 Å². The van der Waals surface area contributed by atoms with Gasteiger partial charge in [0, 0.05) is 11.4 Å². The number of amides is 2. The third-order valence-corrected chi connectivity index (χ3v) is 7.01. The molecule has 1 aliphatic heterocycles. The third kappa shape index (κ3) is 6.26. The zero-order valence-corrected chi connectivity index (χ0v) is 20.1. The largest absolute Gasteiger partial charge is 0.341 e. The van der Waals surface area contributed by atoms with E-state index in [4.69, 9.17) is 4.18 Å². The average molecular weight is 494 g/mol. The van der Waals surface area contributed by atoms with Crippen molar-refractivity contribution < 1.29 is 22.2 Å². The fourth-order valence-electron chi connectivity index (χ4n) is 3.78. The Morgan fingerprint density at radius 1 is 0.886 bits per heavy atom. The molecule has 0 aromatic heterocycles. The SMILES string of the molecule is CCc1ccc(NC(=O)Nc2ccc(-c3ccc(S(=O)(=O)OC(=O)[C@@H]4CCCN4)cc3)cc2)cc1. The highest BCUT2D eigenvalue weighted by atomic mass is 32.2. The molecule has 0 bridgehead atoms. The van der Waals surface area contributed by atoms with Crippen molar-refractivity contribution in [3.8, 4) is 11.1 Å². The number of hydrogen-bond acceptors (Lipinski definition) is 6. The molecule has 1 aliphatic rings. The van der Waals surface area contributed by atoms with Crippen LogP contribution in [-0.4, -0.2) is 33.0 Å². The van der Waals surface area contributed by atoms with Gasteiger partial charge in [-0.25, -0.2) is 9.59 Å². The number of nitrogens with one attached hydrogen (secondary N) is 3. The molecule has 3 N–H and O–H groups in total. The molecule has 3 aromatic carbocycles. The molecule has 4 rings (SSSR count). The normalized spacial score (nSPS) is 15.4. The molecule has 2 amide bonds. The second-order valence-corrected chi connectivity index (χ2v) is 9.78. The van der Waals surface area contributed by atoms with Crippen molar-refractivity contribution in [1.82, 2.24) is 5.32 Å². The average Bonchev–Trinajstić information content (AvgIpc) is 3.40. The van der Waals surface area contributed by atoms with Crippen molar-refractivity contribution in [3.05, 3.63) is 78.4 Å². The van der Waals surface area contributed by atoms with Gasteiger partial charge in [0.2, 0.25) is 0 Å². The van der Waals surface area contributed by atoms with Gasteiger partial charge in [-0.05, 0) is 78.9 Å². The van der Waals surface area contributed by atoms with Crippen LogP contribution in [0.3, 0.4) is 0 Å². The van der Waals surface area contributed by atoms with E-state index in [0.717, 1.165) is 24.0 Å². The minimum atomic E-state index is -4.19. The number of aryl methyl sites for hydroxylation is 1. The lowest BCUT2D eigenvalue weighted by atomic mass is 10.1. The standard InChI is InChI=1S/C26H27N3O5S/c1-2-18-5-11-21(12-6-18)28-26(31)29-22-13-7-19(8-14-22)20-9-15-23(16-10-20)35(32,33)34-25(30)24-4-3-17-27-24/h5-16,24,27H,2-4,17H2,1H3,(H2,28,29,31)/t24-/m0/s1. The fraction of sp³-hybridized carbons (Fsp3) is 0.231. The quantitative estimate of drug-likeness (QED) is 0.416. The number of benzene rings is 3. The Balaban J connectivity index is 1.36. The van der Waals surface area contributed by atoms with Gasteiger partial charge in [0.1, 0.15) is 10.9 Å². The van der Waals surface area contributed by atoms with Crippen LogP contribution in [0.4, 0.5) is 16.2 Å². The van der Waals surface area contributed by atoms with Crippen molar-refractivity contribution in [1.29, 1.82) is 0 Å². The molecule has 0 unspecified atom stereocenters. The van der Waals surface area contributed by atoms with E-state index in [0.29, 0.717) is 24.3 Å². The maximum atomic E-state index is 12.4. The Bertz CT molecular complexity index is 1280. The van der Waals surface area contributed by atoms with Crippen LogP contribution in [0, 0.1) is 0 Å². The molecule has 0 spiro atoms. The maximum Gasteiger partial charge on any atom is 0.341 e. The van der Waals surface area contributed by atoms with Crippen LogP contribution >= 0.6 is 0 Å². The fourth-order valence-corrected chi connectivity index (χ4v) is 4.68. The van der Waals surface area contributed by atoms with Crippen molar-refractivity contribution in [2.24, 2.45) is 0 Å². The Morgan fingerprint density at radius 2 is 1.43 bits per heavy atom. The highest BCUT2D eigenvalue weighted by molar-refractivity contribution is 7.87. The van der Waals surface area contributed by atoms with Crippen molar-refractivity contribution in [2.45, 2.75) is 37.1 Å². The predicted molar refractivity (Wildman–Crippen MR) is 135 cm³/mol. The van der Waals surface area contributed by atoms with Gasteiger partial charge in [-0.15, -0.1) is 0 Å². The van der Waals surface area contributed by atoms with E-state index in [2.05, 4.69) is 22.9 Å². The van der Waals surface area contributed by atoms with Crippen LogP contribution in [0.15, 0.2) is 77.7 Å². The lowest BCUT2D eigenvalue weighted by Crippen LogP contribution is -2.33. The summed E-state index contributed by atoms with van der Waals surface area (Å²) in [6.45, 7) is 2.74. The van der Waals surface area contributed by atoms with E-state index >= 15 is 0 Å². The molecule has 1 atom stereocenters. The molecule has 1 heterocycles. The summed E-state index contributed by atoms with van der Waals surface area (Å²) < 4.78 is 29.7. The second-order valence-electron chi connectivity index (χ2n) is 8.24. The van der Waals surface area contributed by atoms with E-state index in [-0.39, 0.29) is 10.9 Å². The van der Waals surface area contributed by atoms with Crippen LogP contribution < -0.4 is 16.0 Å². The van der Waals surface area contributed by atoms with Gasteiger partial charge in [0.15, 0.2) is 0 Å². The summed E-state index contributed by atoms with van der Waals surface area (Å²) in [7, 11) is -4.19. The lowest BCUT2D eigenvalue weighted by molar-refractivity contribution is -0.135. The molecule has 9 heteroatoms. The molecule has 1 saturated heterocycles. The van der Waals surface area contributed by atoms with Crippen molar-refractivity contribution >= 4 is 33.5 Å². The molecule has 8 nitrogen and oxygen atoms in total. The molecular weight excluding hydrogens is 466 g/mol. The highest BCUT2D eigenvalue weighted by Gasteiger charge is 2.29. The Morgan fingerprint density at radius 3 is 1.94 bits per heavy atom. The number of rotatable bonds is 7. The van der Waals surface area contributed by atoms with E-state index in [1.165, 1.54) is 17.7 Å². The van der Waals surface area contributed by atoms with Gasteiger partial charge < -0.3 is 20.1 Å². The minimum absolute atomic E-state index is 0.0884. The molecule has 35 heavy (non-hydrogen) atoms. The molecule has 182 valence electrons. The number of hydrogen-bond donors (Lipinski definition) is 3. The predicted octanol–water partition coefficient (Wildman–Crippen LogP) is 4.54. The zero-order valence-electron chi connectivity index (χ0n) is 19.3. The van der Waals surface area contributed by atoms with Crippen LogP contribution in [0.25, 0.3) is 11.1 Å². The van der Waals surface area contributed by atoms with E-state index < -0.39 is 22.1 Å². The first-order valence-corrected chi connectivity index (χ1v) is 12.8. The highest BCUT2D eigenvalue weighted by Crippen LogP contribution is 2.24. The summed E-state index contributed by atoms with van der Waals surface area (Å²) >= 11 is 0. The summed E-state index contributed by atoms with van der Waals surface area (Å²) in [6, 6.07) is 20.0. The third-order valence-electron chi connectivity index (χ3n) is 5.78. The van der Waals surface area contributed by atoms with Gasteiger partial charge in [-0.1, -0.05) is 43.3 Å². The van der Waals surface area contributed by atoms with Crippen LogP contribution in [-0.2, 0) is 25.5 Å². The van der Waals surface area contributed by atoms with E-state index in [1.54, 1.807) is 24.3 Å². The van der Waals surface area contributed by atoms with Crippen molar-refractivity contribution in [3.63, 3.8) is 0 Å². The number of carbonyl (C=O) groups is 2. The molecule has 0 radical (unpaired) electrons. The van der Waals surface area contributed by atoms with Crippen molar-refractivity contribution in [2.75, 3.05) is 17.2 Å². The van der Waals surface area contributed by atoms with Gasteiger partial charge in [-0.2, -0.15) is 8.42 Å². The molecule has 1 fully saturated rings. The van der Waals surface area contributed by atoms with Gasteiger partial charge in [0.25, 0.3) is 0 Å². The monoisotopic (exact) mass is 493 g/mol. The number of urea groups is 1. The summed E-state index contributed by atoms with van der Waals surface area (Å²) in [6.07, 6.45) is 2.30. The smallest absolute Gasteiger partial charge is 0.341 e. The number of carbonyl (C=O) groups excluding carboxylic acids is 2. The first-order valence-electron chi connectivity index (χ1n) is 11.4. The minimum Gasteiger partial charge on any atom is -0.341 e. The van der Waals surface area contributed by atoms with Crippen LogP contribution in [0.5, 0.6) is 0 Å². The van der Waals surface area contributed by atoms with Gasteiger partial charge in [0.05, 0.1) is 0 Å². The topological polar surface area (TPSA) is 114 Å². The Hall–Kier alpha value is -3.69. The molecule has 0 saturated carbocycles. The molecule has 3 aromatic rings.